The SMILES string of the molecule is Cc1ccc(CNC(=O)NCCCOCCc2ccccc2)cc1. The molecule has 0 spiro atoms. The molecule has 0 atom stereocenters. The topological polar surface area (TPSA) is 50.4 Å². The lowest BCUT2D eigenvalue weighted by molar-refractivity contribution is 0.135. The molecule has 4 heteroatoms. The van der Waals surface area contributed by atoms with Gasteiger partial charge in [-0.2, -0.15) is 0 Å². The molecule has 2 N–H and O–H groups in total. The molecule has 2 aromatic carbocycles. The lowest BCUT2D eigenvalue weighted by atomic mass is 10.1. The molecule has 0 heterocycles. The van der Waals surface area contributed by atoms with Crippen molar-refractivity contribution in [3.05, 3.63) is 71.3 Å². The normalized spacial score (nSPS) is 10.4. The highest BCUT2D eigenvalue weighted by molar-refractivity contribution is 5.73. The highest BCUT2D eigenvalue weighted by atomic mass is 16.5. The molecule has 0 radical (unpaired) electrons. The van der Waals surface area contributed by atoms with Crippen molar-refractivity contribution in [3.63, 3.8) is 0 Å². The maximum absolute atomic E-state index is 11.7. The predicted molar refractivity (Wildman–Crippen MR) is 97.0 cm³/mol. The third-order valence-electron chi connectivity index (χ3n) is 3.70. The van der Waals surface area contributed by atoms with Gasteiger partial charge >= 0.3 is 6.03 Å². The van der Waals surface area contributed by atoms with E-state index >= 15 is 0 Å². The maximum atomic E-state index is 11.7. The summed E-state index contributed by atoms with van der Waals surface area (Å²) in [6, 6.07) is 18.3. The maximum Gasteiger partial charge on any atom is 0.315 e. The van der Waals surface area contributed by atoms with E-state index in [2.05, 4.69) is 22.8 Å². The predicted octanol–water partition coefficient (Wildman–Crippen LogP) is 3.44. The van der Waals surface area contributed by atoms with Crippen molar-refractivity contribution in [2.24, 2.45) is 0 Å². The number of carbonyl (C=O) groups excluding carboxylic acids is 1. The molecular formula is C20H26N2O2. The van der Waals surface area contributed by atoms with Crippen molar-refractivity contribution >= 4 is 6.03 Å². The third kappa shape index (κ3) is 7.29. The zero-order valence-corrected chi connectivity index (χ0v) is 14.3. The molecule has 24 heavy (non-hydrogen) atoms. The highest BCUT2D eigenvalue weighted by Gasteiger charge is 2.00. The van der Waals surface area contributed by atoms with Crippen LogP contribution in [0.2, 0.25) is 0 Å². The molecule has 0 aromatic heterocycles. The van der Waals surface area contributed by atoms with Crippen molar-refractivity contribution in [2.75, 3.05) is 19.8 Å². The lowest BCUT2D eigenvalue weighted by Crippen LogP contribution is -2.35. The summed E-state index contributed by atoms with van der Waals surface area (Å²) in [6.07, 6.45) is 1.73. The minimum atomic E-state index is -0.139. The van der Waals surface area contributed by atoms with Gasteiger partial charge in [0.25, 0.3) is 0 Å². The van der Waals surface area contributed by atoms with E-state index in [1.54, 1.807) is 0 Å². The Bertz CT molecular complexity index is 597. The molecular weight excluding hydrogens is 300 g/mol. The summed E-state index contributed by atoms with van der Waals surface area (Å²) in [7, 11) is 0. The molecule has 4 nitrogen and oxygen atoms in total. The second kappa shape index (κ2) is 10.4. The molecule has 0 aliphatic heterocycles. The summed E-state index contributed by atoms with van der Waals surface area (Å²) in [5.41, 5.74) is 3.60. The molecule has 2 aromatic rings. The molecule has 0 saturated carbocycles. The Morgan fingerprint density at radius 3 is 2.42 bits per heavy atom. The average molecular weight is 326 g/mol. The van der Waals surface area contributed by atoms with Crippen molar-refractivity contribution < 1.29 is 9.53 Å². The number of aryl methyl sites for hydroxylation is 1. The number of urea groups is 1. The molecule has 2 amide bonds. The smallest absolute Gasteiger partial charge is 0.315 e. The minimum Gasteiger partial charge on any atom is -0.381 e. The Balaban J connectivity index is 1.46. The highest BCUT2D eigenvalue weighted by Crippen LogP contribution is 2.02. The van der Waals surface area contributed by atoms with Crippen LogP contribution in [0.4, 0.5) is 4.79 Å². The molecule has 2 rings (SSSR count). The van der Waals surface area contributed by atoms with Crippen molar-refractivity contribution in [3.8, 4) is 0 Å². The van der Waals surface area contributed by atoms with E-state index in [4.69, 9.17) is 4.74 Å². The first-order chi connectivity index (χ1) is 11.7. The summed E-state index contributed by atoms with van der Waals surface area (Å²) in [5, 5.41) is 5.69. The fourth-order valence-corrected chi connectivity index (χ4v) is 2.26. The van der Waals surface area contributed by atoms with E-state index < -0.39 is 0 Å². The number of amides is 2. The first kappa shape index (κ1) is 18.0. The van der Waals surface area contributed by atoms with E-state index in [1.807, 2.05) is 49.4 Å². The van der Waals surface area contributed by atoms with Crippen molar-refractivity contribution in [2.45, 2.75) is 26.3 Å². The Morgan fingerprint density at radius 2 is 1.67 bits per heavy atom. The van der Waals surface area contributed by atoms with Gasteiger partial charge < -0.3 is 15.4 Å². The van der Waals surface area contributed by atoms with E-state index in [0.717, 1.165) is 18.4 Å². The van der Waals surface area contributed by atoms with Gasteiger partial charge in [0.2, 0.25) is 0 Å². The van der Waals surface area contributed by atoms with Gasteiger partial charge in [-0.25, -0.2) is 4.79 Å². The van der Waals surface area contributed by atoms with Gasteiger partial charge in [0.1, 0.15) is 0 Å². The number of hydrogen-bond donors (Lipinski definition) is 2. The van der Waals surface area contributed by atoms with Crippen molar-refractivity contribution in [1.82, 2.24) is 10.6 Å². The van der Waals surface area contributed by atoms with Crippen LogP contribution >= 0.6 is 0 Å². The number of ether oxygens (including phenoxy) is 1. The van der Waals surface area contributed by atoms with Gasteiger partial charge in [-0.3, -0.25) is 0 Å². The average Bonchev–Trinajstić information content (AvgIpc) is 2.61. The van der Waals surface area contributed by atoms with Crippen LogP contribution in [0.1, 0.15) is 23.1 Å². The number of hydrogen-bond acceptors (Lipinski definition) is 2. The van der Waals surface area contributed by atoms with Gasteiger partial charge in [0.15, 0.2) is 0 Å². The van der Waals surface area contributed by atoms with Crippen molar-refractivity contribution in [1.29, 1.82) is 0 Å². The third-order valence-corrected chi connectivity index (χ3v) is 3.70. The number of rotatable bonds is 9. The molecule has 0 aliphatic carbocycles. The first-order valence-electron chi connectivity index (χ1n) is 8.43. The quantitative estimate of drug-likeness (QED) is 0.694. The van der Waals surface area contributed by atoms with E-state index in [0.29, 0.717) is 26.3 Å². The molecule has 0 aliphatic rings. The fraction of sp³-hybridized carbons (Fsp3) is 0.350. The summed E-state index contributed by atoms with van der Waals surface area (Å²) in [5.74, 6) is 0. The number of carbonyl (C=O) groups is 1. The van der Waals surface area contributed by atoms with E-state index in [-0.39, 0.29) is 6.03 Å². The molecule has 0 unspecified atom stereocenters. The van der Waals surface area contributed by atoms with Gasteiger partial charge in [-0.15, -0.1) is 0 Å². The molecule has 0 fully saturated rings. The largest absolute Gasteiger partial charge is 0.381 e. The van der Waals surface area contributed by atoms with Crippen LogP contribution in [0.25, 0.3) is 0 Å². The van der Waals surface area contributed by atoms with Crippen LogP contribution in [0.15, 0.2) is 54.6 Å². The van der Waals surface area contributed by atoms with Crippen LogP contribution in [0.5, 0.6) is 0 Å². The fourth-order valence-electron chi connectivity index (χ4n) is 2.26. The van der Waals surface area contributed by atoms with Crippen LogP contribution in [-0.2, 0) is 17.7 Å². The van der Waals surface area contributed by atoms with Crippen LogP contribution in [0.3, 0.4) is 0 Å². The number of benzene rings is 2. The van der Waals surface area contributed by atoms with E-state index in [9.17, 15) is 4.79 Å². The number of nitrogens with one attached hydrogen (secondary N) is 2. The van der Waals surface area contributed by atoms with Gasteiger partial charge in [0, 0.05) is 19.7 Å². The van der Waals surface area contributed by atoms with Gasteiger partial charge in [0.05, 0.1) is 6.61 Å². The first-order valence-corrected chi connectivity index (χ1v) is 8.43. The monoisotopic (exact) mass is 326 g/mol. The van der Waals surface area contributed by atoms with E-state index in [1.165, 1.54) is 11.1 Å². The summed E-state index contributed by atoms with van der Waals surface area (Å²) in [6.45, 7) is 4.57. The lowest BCUT2D eigenvalue weighted by Gasteiger charge is -2.08. The summed E-state index contributed by atoms with van der Waals surface area (Å²) < 4.78 is 5.59. The summed E-state index contributed by atoms with van der Waals surface area (Å²) >= 11 is 0. The Kier molecular flexibility index (Phi) is 7.84. The zero-order chi connectivity index (χ0) is 17.0. The molecule has 0 bridgehead atoms. The van der Waals surface area contributed by atoms with Gasteiger partial charge in [-0.1, -0.05) is 60.2 Å². The molecule has 128 valence electrons. The van der Waals surface area contributed by atoms with Crippen LogP contribution in [-0.4, -0.2) is 25.8 Å². The van der Waals surface area contributed by atoms with Gasteiger partial charge in [-0.05, 0) is 30.9 Å². The second-order valence-electron chi connectivity index (χ2n) is 5.80. The Morgan fingerprint density at radius 1 is 0.917 bits per heavy atom. The Hall–Kier alpha value is -2.33. The Labute approximate surface area is 144 Å². The zero-order valence-electron chi connectivity index (χ0n) is 14.3. The second-order valence-corrected chi connectivity index (χ2v) is 5.80. The molecule has 0 saturated heterocycles. The van der Waals surface area contributed by atoms with Crippen LogP contribution in [0, 0.1) is 6.92 Å². The standard InChI is InChI=1S/C20H26N2O2/c1-17-8-10-19(11-9-17)16-22-20(23)21-13-5-14-24-15-12-18-6-3-2-4-7-18/h2-4,6-11H,5,12-16H2,1H3,(H2,21,22,23). The summed E-state index contributed by atoms with van der Waals surface area (Å²) in [4.78, 5) is 11.7. The minimum absolute atomic E-state index is 0.139. The van der Waals surface area contributed by atoms with Crippen LogP contribution < -0.4 is 10.6 Å².